The fraction of sp³-hybridized carbons (Fsp3) is 0.357. The van der Waals surface area contributed by atoms with E-state index in [0.717, 1.165) is 17.0 Å². The lowest BCUT2D eigenvalue weighted by Crippen LogP contribution is -2.10. The number of rotatable bonds is 5. The second-order valence-corrected chi connectivity index (χ2v) is 4.53. The molecule has 0 aromatic carbocycles. The van der Waals surface area contributed by atoms with Gasteiger partial charge in [0.2, 0.25) is 0 Å². The predicted octanol–water partition coefficient (Wildman–Crippen LogP) is 2.06. The van der Waals surface area contributed by atoms with Gasteiger partial charge in [0.15, 0.2) is 0 Å². The van der Waals surface area contributed by atoms with Crippen molar-refractivity contribution < 1.29 is 14.1 Å². The molecule has 0 saturated heterocycles. The van der Waals surface area contributed by atoms with Crippen LogP contribution in [0.5, 0.6) is 0 Å². The molecule has 21 heavy (non-hydrogen) atoms. The van der Waals surface area contributed by atoms with E-state index in [9.17, 15) is 4.79 Å². The molecule has 0 saturated carbocycles. The van der Waals surface area contributed by atoms with E-state index < -0.39 is 5.97 Å². The maximum atomic E-state index is 11.8. The van der Waals surface area contributed by atoms with Crippen LogP contribution < -0.4 is 11.1 Å². The molecule has 3 N–H and O–H groups in total. The number of nitrogens with one attached hydrogen (secondary N) is 1. The quantitative estimate of drug-likeness (QED) is 0.812. The summed E-state index contributed by atoms with van der Waals surface area (Å²) in [6, 6.07) is 1.57. The van der Waals surface area contributed by atoms with Crippen LogP contribution >= 0.6 is 0 Å². The molecule has 7 nitrogen and oxygen atoms in total. The molecule has 0 spiro atoms. The van der Waals surface area contributed by atoms with Crippen molar-refractivity contribution in [3.8, 4) is 0 Å². The van der Waals surface area contributed by atoms with Crippen LogP contribution in [-0.2, 0) is 11.3 Å². The summed E-state index contributed by atoms with van der Waals surface area (Å²) in [4.78, 5) is 15.9. The number of carbonyl (C=O) groups is 1. The summed E-state index contributed by atoms with van der Waals surface area (Å²) in [6.07, 6.45) is 1.43. The van der Waals surface area contributed by atoms with Crippen molar-refractivity contribution in [2.24, 2.45) is 0 Å². The van der Waals surface area contributed by atoms with Gasteiger partial charge in [0.25, 0.3) is 0 Å². The van der Waals surface area contributed by atoms with Crippen LogP contribution in [0.4, 0.5) is 11.5 Å². The number of hydrogen-bond acceptors (Lipinski definition) is 7. The second-order valence-electron chi connectivity index (χ2n) is 4.53. The number of nitrogens with zero attached hydrogens (tertiary/aromatic N) is 2. The first-order valence-electron chi connectivity index (χ1n) is 6.61. The molecule has 0 fully saturated rings. The van der Waals surface area contributed by atoms with Crippen molar-refractivity contribution >= 4 is 17.5 Å². The first-order chi connectivity index (χ1) is 10.0. The largest absolute Gasteiger partial charge is 0.462 e. The highest BCUT2D eigenvalue weighted by atomic mass is 16.5. The number of hydrogen-bond donors (Lipinski definition) is 2. The minimum atomic E-state index is -0.460. The van der Waals surface area contributed by atoms with E-state index in [1.54, 1.807) is 13.0 Å². The molecule has 2 aromatic rings. The van der Waals surface area contributed by atoms with Crippen molar-refractivity contribution in [1.82, 2.24) is 10.1 Å². The summed E-state index contributed by atoms with van der Waals surface area (Å²) in [7, 11) is 0. The molecule has 0 unspecified atom stereocenters. The van der Waals surface area contributed by atoms with Crippen LogP contribution in [0.25, 0.3) is 0 Å². The van der Waals surface area contributed by atoms with Crippen molar-refractivity contribution in [2.75, 3.05) is 17.7 Å². The number of aromatic nitrogens is 2. The molecule has 0 aliphatic rings. The van der Waals surface area contributed by atoms with Crippen LogP contribution in [0.2, 0.25) is 0 Å². The molecule has 112 valence electrons. The third kappa shape index (κ3) is 3.31. The molecule has 0 atom stereocenters. The zero-order valence-corrected chi connectivity index (χ0v) is 12.3. The van der Waals surface area contributed by atoms with Gasteiger partial charge in [-0.25, -0.2) is 9.78 Å². The summed E-state index contributed by atoms with van der Waals surface area (Å²) < 4.78 is 10.0. The molecule has 7 heteroatoms. The van der Waals surface area contributed by atoms with Gasteiger partial charge in [-0.05, 0) is 26.8 Å². The van der Waals surface area contributed by atoms with Gasteiger partial charge in [0.05, 0.1) is 29.7 Å². The van der Waals surface area contributed by atoms with Gasteiger partial charge in [-0.2, -0.15) is 0 Å². The molecule has 0 bridgehead atoms. The highest BCUT2D eigenvalue weighted by Crippen LogP contribution is 2.18. The first kappa shape index (κ1) is 14.8. The van der Waals surface area contributed by atoms with Gasteiger partial charge in [-0.15, -0.1) is 0 Å². The third-order valence-electron chi connectivity index (χ3n) is 3.06. The third-order valence-corrected chi connectivity index (χ3v) is 3.06. The number of carbonyl (C=O) groups excluding carboxylic acids is 1. The van der Waals surface area contributed by atoms with E-state index in [0.29, 0.717) is 24.5 Å². The average molecular weight is 290 g/mol. The number of nitrogens with two attached hydrogens (primary N) is 1. The topological polar surface area (TPSA) is 103 Å². The summed E-state index contributed by atoms with van der Waals surface area (Å²) >= 11 is 0. The maximum Gasteiger partial charge on any atom is 0.340 e. The lowest BCUT2D eigenvalue weighted by molar-refractivity contribution is 0.0527. The van der Waals surface area contributed by atoms with E-state index in [-0.39, 0.29) is 5.69 Å². The van der Waals surface area contributed by atoms with Crippen molar-refractivity contribution in [2.45, 2.75) is 27.3 Å². The summed E-state index contributed by atoms with van der Waals surface area (Å²) in [5.74, 6) is 0.825. The molecule has 0 radical (unpaired) electrons. The molecule has 2 rings (SSSR count). The lowest BCUT2D eigenvalue weighted by Gasteiger charge is -2.09. The fourth-order valence-corrected chi connectivity index (χ4v) is 1.88. The summed E-state index contributed by atoms with van der Waals surface area (Å²) in [5.41, 5.74) is 8.12. The van der Waals surface area contributed by atoms with Gasteiger partial charge < -0.3 is 20.3 Å². The number of pyridine rings is 1. The SMILES string of the molecule is CCOC(=O)c1cc(NCc2c(C)noc2C)ncc1N. The number of anilines is 2. The van der Waals surface area contributed by atoms with E-state index in [1.807, 2.05) is 13.8 Å². The fourth-order valence-electron chi connectivity index (χ4n) is 1.88. The van der Waals surface area contributed by atoms with Crippen molar-refractivity contribution in [3.05, 3.63) is 34.8 Å². The van der Waals surface area contributed by atoms with Crippen molar-refractivity contribution in [1.29, 1.82) is 0 Å². The predicted molar refractivity (Wildman–Crippen MR) is 77.9 cm³/mol. The maximum absolute atomic E-state index is 11.8. The Hall–Kier alpha value is -2.57. The van der Waals surface area contributed by atoms with E-state index >= 15 is 0 Å². The number of aryl methyl sites for hydroxylation is 2. The van der Waals surface area contributed by atoms with Gasteiger partial charge in [-0.3, -0.25) is 0 Å². The highest BCUT2D eigenvalue weighted by molar-refractivity contribution is 5.95. The molecular formula is C14H18N4O3. The zero-order chi connectivity index (χ0) is 15.4. The van der Waals surface area contributed by atoms with Crippen LogP contribution in [0.3, 0.4) is 0 Å². The first-order valence-corrected chi connectivity index (χ1v) is 6.61. The number of nitrogen functional groups attached to an aromatic ring is 1. The molecule has 0 aliphatic heterocycles. The van der Waals surface area contributed by atoms with E-state index in [1.165, 1.54) is 6.20 Å². The Labute approximate surface area is 122 Å². The Bertz CT molecular complexity index is 632. The monoisotopic (exact) mass is 290 g/mol. The molecule has 2 heterocycles. The molecular weight excluding hydrogens is 272 g/mol. The van der Waals surface area contributed by atoms with Crippen LogP contribution in [0.1, 0.15) is 34.3 Å². The van der Waals surface area contributed by atoms with Gasteiger partial charge in [0.1, 0.15) is 11.6 Å². The Morgan fingerprint density at radius 1 is 1.48 bits per heavy atom. The Kier molecular flexibility index (Phi) is 4.42. The Balaban J connectivity index is 2.14. The van der Waals surface area contributed by atoms with Gasteiger partial charge >= 0.3 is 5.97 Å². The van der Waals surface area contributed by atoms with Crippen LogP contribution in [-0.4, -0.2) is 22.7 Å². The van der Waals surface area contributed by atoms with Crippen molar-refractivity contribution in [3.63, 3.8) is 0 Å². The summed E-state index contributed by atoms with van der Waals surface area (Å²) in [6.45, 7) is 6.25. The number of ether oxygens (including phenoxy) is 1. The molecule has 0 aliphatic carbocycles. The standard InChI is InChI=1S/C14H18N4O3/c1-4-20-14(19)10-5-13(17-7-12(10)15)16-6-11-8(2)18-21-9(11)3/h5,7H,4,6,15H2,1-3H3,(H,16,17). The Morgan fingerprint density at radius 3 is 2.86 bits per heavy atom. The average Bonchev–Trinajstić information content (AvgIpc) is 2.77. The highest BCUT2D eigenvalue weighted by Gasteiger charge is 2.13. The lowest BCUT2D eigenvalue weighted by atomic mass is 10.2. The minimum absolute atomic E-state index is 0.288. The van der Waals surface area contributed by atoms with Crippen LogP contribution in [0, 0.1) is 13.8 Å². The molecule has 0 amide bonds. The zero-order valence-electron chi connectivity index (χ0n) is 12.3. The second kappa shape index (κ2) is 6.25. The van der Waals surface area contributed by atoms with Crippen LogP contribution in [0.15, 0.2) is 16.8 Å². The molecule has 2 aromatic heterocycles. The number of esters is 1. The van der Waals surface area contributed by atoms with Gasteiger partial charge in [0, 0.05) is 12.1 Å². The smallest absolute Gasteiger partial charge is 0.340 e. The summed E-state index contributed by atoms with van der Waals surface area (Å²) in [5, 5.41) is 7.00. The van der Waals surface area contributed by atoms with Gasteiger partial charge in [-0.1, -0.05) is 5.16 Å². The Morgan fingerprint density at radius 2 is 2.24 bits per heavy atom. The van der Waals surface area contributed by atoms with E-state index in [4.69, 9.17) is 15.0 Å². The normalized spacial score (nSPS) is 10.4. The van der Waals surface area contributed by atoms with E-state index in [2.05, 4.69) is 15.5 Å². The minimum Gasteiger partial charge on any atom is -0.462 e.